The molecule has 0 aliphatic carbocycles. The van der Waals surface area contributed by atoms with E-state index in [0.29, 0.717) is 18.7 Å². The van der Waals surface area contributed by atoms with E-state index in [1.165, 1.54) is 18.2 Å². The molecule has 0 atom stereocenters. The average molecular weight is 325 g/mol. The van der Waals surface area contributed by atoms with Crippen molar-refractivity contribution in [1.82, 2.24) is 20.1 Å². The van der Waals surface area contributed by atoms with Gasteiger partial charge in [-0.15, -0.1) is 0 Å². The van der Waals surface area contributed by atoms with Crippen molar-refractivity contribution in [3.8, 4) is 5.82 Å². The number of benzene rings is 1. The lowest BCUT2D eigenvalue weighted by molar-refractivity contribution is 0.252. The maximum Gasteiger partial charge on any atom is 0.319 e. The standard InChI is InChI=1S/C17H16FN5O/c18-13-4-1-6-15(12-13)22-17(24)19-10-8-14-5-2-7-16(21-14)23-11-3-9-20-23/h1-7,9,11-12H,8,10H2,(H2,19,22,24). The summed E-state index contributed by atoms with van der Waals surface area (Å²) in [6.07, 6.45) is 4.08. The molecule has 0 aliphatic rings. The summed E-state index contributed by atoms with van der Waals surface area (Å²) in [7, 11) is 0. The first-order chi connectivity index (χ1) is 11.7. The summed E-state index contributed by atoms with van der Waals surface area (Å²) in [5, 5.41) is 9.43. The van der Waals surface area contributed by atoms with E-state index >= 15 is 0 Å². The molecule has 1 aromatic carbocycles. The van der Waals surface area contributed by atoms with E-state index < -0.39 is 5.82 Å². The van der Waals surface area contributed by atoms with Crippen LogP contribution < -0.4 is 10.6 Å². The second-order valence-corrected chi connectivity index (χ2v) is 5.08. The van der Waals surface area contributed by atoms with Crippen LogP contribution in [0.1, 0.15) is 5.69 Å². The molecule has 2 N–H and O–H groups in total. The van der Waals surface area contributed by atoms with Crippen LogP contribution >= 0.6 is 0 Å². The van der Waals surface area contributed by atoms with Crippen molar-refractivity contribution in [2.75, 3.05) is 11.9 Å². The number of hydrogen-bond donors (Lipinski definition) is 2. The summed E-state index contributed by atoms with van der Waals surface area (Å²) in [5.74, 6) is 0.328. The van der Waals surface area contributed by atoms with E-state index in [2.05, 4.69) is 20.7 Å². The van der Waals surface area contributed by atoms with Gasteiger partial charge >= 0.3 is 6.03 Å². The molecule has 0 saturated heterocycles. The van der Waals surface area contributed by atoms with E-state index in [0.717, 1.165) is 11.5 Å². The van der Waals surface area contributed by atoms with E-state index in [-0.39, 0.29) is 6.03 Å². The van der Waals surface area contributed by atoms with Gasteiger partial charge in [-0.2, -0.15) is 5.10 Å². The van der Waals surface area contributed by atoms with Gasteiger partial charge in [0.15, 0.2) is 5.82 Å². The molecule has 0 radical (unpaired) electrons. The maximum atomic E-state index is 13.1. The highest BCUT2D eigenvalue weighted by Crippen LogP contribution is 2.08. The summed E-state index contributed by atoms with van der Waals surface area (Å²) in [6.45, 7) is 0.413. The number of carbonyl (C=O) groups excluding carboxylic acids is 1. The summed E-state index contributed by atoms with van der Waals surface area (Å²) in [5.41, 5.74) is 1.25. The zero-order chi connectivity index (χ0) is 16.8. The molecule has 0 spiro atoms. The third-order valence-electron chi connectivity index (χ3n) is 3.28. The van der Waals surface area contributed by atoms with Crippen LogP contribution in [0.3, 0.4) is 0 Å². The predicted octanol–water partition coefficient (Wildman–Crippen LogP) is 2.77. The van der Waals surface area contributed by atoms with Gasteiger partial charge in [-0.25, -0.2) is 18.9 Å². The number of aromatic nitrogens is 3. The molecule has 2 aromatic heterocycles. The number of urea groups is 1. The molecular formula is C17H16FN5O. The quantitative estimate of drug-likeness (QED) is 0.758. The Hall–Kier alpha value is -3.22. The SMILES string of the molecule is O=C(NCCc1cccc(-n2cccn2)n1)Nc1cccc(F)c1. The fourth-order valence-corrected chi connectivity index (χ4v) is 2.18. The van der Waals surface area contributed by atoms with Gasteiger partial charge in [0.2, 0.25) is 0 Å². The van der Waals surface area contributed by atoms with Crippen molar-refractivity contribution < 1.29 is 9.18 Å². The summed E-state index contributed by atoms with van der Waals surface area (Å²) in [4.78, 5) is 16.3. The third-order valence-corrected chi connectivity index (χ3v) is 3.28. The Balaban J connectivity index is 1.51. The molecule has 0 unspecified atom stereocenters. The highest BCUT2D eigenvalue weighted by molar-refractivity contribution is 5.89. The molecule has 2 amide bonds. The molecule has 0 saturated carbocycles. The normalized spacial score (nSPS) is 10.4. The van der Waals surface area contributed by atoms with Crippen LogP contribution in [-0.2, 0) is 6.42 Å². The second-order valence-electron chi connectivity index (χ2n) is 5.08. The Labute approximate surface area is 138 Å². The minimum absolute atomic E-state index is 0.385. The molecule has 122 valence electrons. The van der Waals surface area contributed by atoms with Crippen molar-refractivity contribution in [2.45, 2.75) is 6.42 Å². The molecule has 7 heteroatoms. The monoisotopic (exact) mass is 325 g/mol. The highest BCUT2D eigenvalue weighted by Gasteiger charge is 2.04. The van der Waals surface area contributed by atoms with Crippen molar-refractivity contribution >= 4 is 11.7 Å². The number of halogens is 1. The number of hydrogen-bond acceptors (Lipinski definition) is 3. The Morgan fingerprint density at radius 1 is 1.17 bits per heavy atom. The van der Waals surface area contributed by atoms with E-state index in [1.807, 2.05) is 30.5 Å². The minimum Gasteiger partial charge on any atom is -0.337 e. The van der Waals surface area contributed by atoms with Crippen molar-refractivity contribution in [3.63, 3.8) is 0 Å². The molecule has 24 heavy (non-hydrogen) atoms. The largest absolute Gasteiger partial charge is 0.337 e. The van der Waals surface area contributed by atoms with Crippen LogP contribution in [0.15, 0.2) is 60.9 Å². The van der Waals surface area contributed by atoms with Crippen LogP contribution in [0.4, 0.5) is 14.9 Å². The van der Waals surface area contributed by atoms with Gasteiger partial charge in [0.1, 0.15) is 5.82 Å². The summed E-state index contributed by atoms with van der Waals surface area (Å²) in [6, 6.07) is 12.8. The smallest absolute Gasteiger partial charge is 0.319 e. The first-order valence-corrected chi connectivity index (χ1v) is 7.47. The fraction of sp³-hybridized carbons (Fsp3) is 0.118. The summed E-state index contributed by atoms with van der Waals surface area (Å²) >= 11 is 0. The number of amides is 2. The van der Waals surface area contributed by atoms with Gasteiger partial charge in [-0.1, -0.05) is 12.1 Å². The van der Waals surface area contributed by atoms with Crippen molar-refractivity contribution in [2.24, 2.45) is 0 Å². The van der Waals surface area contributed by atoms with Crippen LogP contribution in [0.2, 0.25) is 0 Å². The number of anilines is 1. The van der Waals surface area contributed by atoms with Gasteiger partial charge in [0.25, 0.3) is 0 Å². The van der Waals surface area contributed by atoms with E-state index in [9.17, 15) is 9.18 Å². The van der Waals surface area contributed by atoms with Crippen molar-refractivity contribution in [3.05, 3.63) is 72.4 Å². The first kappa shape index (κ1) is 15.7. The molecule has 6 nitrogen and oxygen atoms in total. The van der Waals surface area contributed by atoms with Crippen LogP contribution in [0.5, 0.6) is 0 Å². The summed E-state index contributed by atoms with van der Waals surface area (Å²) < 4.78 is 14.7. The molecule has 3 rings (SSSR count). The first-order valence-electron chi connectivity index (χ1n) is 7.47. The Kier molecular flexibility index (Phi) is 4.81. The van der Waals surface area contributed by atoms with Gasteiger partial charge in [-0.05, 0) is 36.4 Å². The number of rotatable bonds is 5. The zero-order valence-electron chi connectivity index (χ0n) is 12.8. The number of nitrogens with one attached hydrogen (secondary N) is 2. The third kappa shape index (κ3) is 4.16. The molecule has 0 aliphatic heterocycles. The van der Waals surface area contributed by atoms with Gasteiger partial charge in [0.05, 0.1) is 0 Å². The van der Waals surface area contributed by atoms with Crippen LogP contribution in [0.25, 0.3) is 5.82 Å². The lowest BCUT2D eigenvalue weighted by atomic mass is 10.2. The minimum atomic E-state index is -0.396. The lowest BCUT2D eigenvalue weighted by Gasteiger charge is -2.08. The Bertz CT molecular complexity index is 819. The Morgan fingerprint density at radius 2 is 2.04 bits per heavy atom. The van der Waals surface area contributed by atoms with Gasteiger partial charge < -0.3 is 10.6 Å². The second kappa shape index (κ2) is 7.36. The predicted molar refractivity (Wildman–Crippen MR) is 88.5 cm³/mol. The molecule has 2 heterocycles. The number of carbonyl (C=O) groups is 1. The van der Waals surface area contributed by atoms with E-state index in [4.69, 9.17) is 0 Å². The Morgan fingerprint density at radius 3 is 2.83 bits per heavy atom. The van der Waals surface area contributed by atoms with Crippen LogP contribution in [-0.4, -0.2) is 27.3 Å². The van der Waals surface area contributed by atoms with Crippen LogP contribution in [0, 0.1) is 5.82 Å². The number of pyridine rings is 1. The average Bonchev–Trinajstić information content (AvgIpc) is 3.10. The highest BCUT2D eigenvalue weighted by atomic mass is 19.1. The molecule has 0 bridgehead atoms. The molecular weight excluding hydrogens is 309 g/mol. The van der Waals surface area contributed by atoms with Gasteiger partial charge in [0, 0.05) is 36.7 Å². The zero-order valence-corrected chi connectivity index (χ0v) is 12.8. The number of nitrogens with zero attached hydrogens (tertiary/aromatic N) is 3. The molecule has 0 fully saturated rings. The maximum absolute atomic E-state index is 13.1. The van der Waals surface area contributed by atoms with Crippen molar-refractivity contribution in [1.29, 1.82) is 0 Å². The van der Waals surface area contributed by atoms with E-state index in [1.54, 1.807) is 16.9 Å². The molecule has 3 aromatic rings. The topological polar surface area (TPSA) is 71.8 Å². The fourth-order valence-electron chi connectivity index (χ4n) is 2.18. The lowest BCUT2D eigenvalue weighted by Crippen LogP contribution is -2.30. The van der Waals surface area contributed by atoms with Gasteiger partial charge in [-0.3, -0.25) is 0 Å².